The fourth-order valence-corrected chi connectivity index (χ4v) is 6.76. The van der Waals surface area contributed by atoms with Crippen molar-refractivity contribution in [2.75, 3.05) is 25.1 Å². The molecule has 1 aromatic carbocycles. The highest BCUT2D eigenvalue weighted by Crippen LogP contribution is 2.47. The number of carbonyl (C=O) groups excluding carboxylic acids is 1. The van der Waals surface area contributed by atoms with Crippen LogP contribution in [0.2, 0.25) is 0 Å². The number of amides is 1. The molecular formula is C32H37N3O5. The van der Waals surface area contributed by atoms with Crippen molar-refractivity contribution < 1.29 is 24.2 Å². The van der Waals surface area contributed by atoms with Crippen molar-refractivity contribution in [3.8, 4) is 0 Å². The lowest BCUT2D eigenvalue weighted by atomic mass is 9.80. The van der Waals surface area contributed by atoms with Gasteiger partial charge in [0.05, 0.1) is 25.4 Å². The lowest BCUT2D eigenvalue weighted by Gasteiger charge is -2.33. The highest BCUT2D eigenvalue weighted by molar-refractivity contribution is 5.81. The lowest BCUT2D eigenvalue weighted by Crippen LogP contribution is -2.38. The Hall–Kier alpha value is -3.81. The van der Waals surface area contributed by atoms with E-state index in [1.165, 1.54) is 0 Å². The number of nitrogens with zero attached hydrogens (tertiary/aromatic N) is 3. The monoisotopic (exact) mass is 543 g/mol. The molecule has 1 N–H and O–H groups in total. The van der Waals surface area contributed by atoms with Crippen LogP contribution in [0.4, 0.5) is 10.6 Å². The summed E-state index contributed by atoms with van der Waals surface area (Å²) in [6, 6.07) is 12.1. The van der Waals surface area contributed by atoms with Gasteiger partial charge in [0.25, 0.3) is 0 Å². The predicted octanol–water partition coefficient (Wildman–Crippen LogP) is 5.73. The molecule has 1 saturated carbocycles. The minimum Gasteiger partial charge on any atom is -0.496 e. The largest absolute Gasteiger partial charge is 0.496 e. The van der Waals surface area contributed by atoms with Gasteiger partial charge in [-0.05, 0) is 74.6 Å². The molecule has 0 spiro atoms. The van der Waals surface area contributed by atoms with Crippen LogP contribution in [-0.2, 0) is 20.8 Å². The Morgan fingerprint density at radius 3 is 2.70 bits per heavy atom. The average Bonchev–Trinajstić information content (AvgIpc) is 3.41. The molecule has 210 valence electrons. The van der Waals surface area contributed by atoms with E-state index in [2.05, 4.69) is 29.2 Å². The molecule has 3 fully saturated rings. The average molecular weight is 544 g/mol. The van der Waals surface area contributed by atoms with Crippen LogP contribution in [-0.4, -0.2) is 53.3 Å². The van der Waals surface area contributed by atoms with Gasteiger partial charge in [-0.1, -0.05) is 35.9 Å². The molecule has 2 unspecified atom stereocenters. The van der Waals surface area contributed by atoms with Crippen LogP contribution < -0.4 is 4.90 Å². The first kappa shape index (κ1) is 26.4. The Morgan fingerprint density at radius 2 is 2.00 bits per heavy atom. The molecule has 2 aliphatic carbocycles. The van der Waals surface area contributed by atoms with Gasteiger partial charge in [0, 0.05) is 30.6 Å². The SMILES string of the molecule is COC1=CC2CC[C@@H](CC(=O)O)C2C=C1c1ccc(N2CCC2)nc1CN1C(=O)O[C@H](c2cccc(C)c2)[C@@H]1C. The third kappa shape index (κ3) is 4.84. The van der Waals surface area contributed by atoms with Crippen LogP contribution in [0.25, 0.3) is 5.57 Å². The zero-order chi connectivity index (χ0) is 28.0. The normalized spacial score (nSPS) is 27.5. The number of pyridine rings is 1. The number of hydrogen-bond acceptors (Lipinski definition) is 6. The number of aryl methyl sites for hydroxylation is 1. The molecule has 3 heterocycles. The van der Waals surface area contributed by atoms with E-state index in [1.807, 2.05) is 38.1 Å². The van der Waals surface area contributed by atoms with Gasteiger partial charge in [0.15, 0.2) is 0 Å². The number of carbonyl (C=O) groups is 2. The Labute approximate surface area is 235 Å². The van der Waals surface area contributed by atoms with E-state index in [0.29, 0.717) is 6.54 Å². The van der Waals surface area contributed by atoms with E-state index in [1.54, 1.807) is 12.0 Å². The van der Waals surface area contributed by atoms with Crippen molar-refractivity contribution in [1.29, 1.82) is 0 Å². The Kier molecular flexibility index (Phi) is 7.02. The topological polar surface area (TPSA) is 92.2 Å². The number of rotatable bonds is 8. The van der Waals surface area contributed by atoms with Gasteiger partial charge in [0.2, 0.25) is 0 Å². The molecule has 40 heavy (non-hydrogen) atoms. The number of anilines is 1. The molecule has 5 atom stereocenters. The van der Waals surface area contributed by atoms with E-state index >= 15 is 0 Å². The van der Waals surface area contributed by atoms with Crippen LogP contribution in [0, 0.1) is 24.7 Å². The smallest absolute Gasteiger partial charge is 0.411 e. The summed E-state index contributed by atoms with van der Waals surface area (Å²) < 4.78 is 11.8. The lowest BCUT2D eigenvalue weighted by molar-refractivity contribution is -0.138. The number of cyclic esters (lactones) is 1. The van der Waals surface area contributed by atoms with Gasteiger partial charge in [-0.3, -0.25) is 9.69 Å². The third-order valence-electron chi connectivity index (χ3n) is 9.07. The van der Waals surface area contributed by atoms with Crippen LogP contribution in [0.3, 0.4) is 0 Å². The van der Waals surface area contributed by atoms with Gasteiger partial charge < -0.3 is 19.5 Å². The Bertz CT molecular complexity index is 1380. The van der Waals surface area contributed by atoms with Gasteiger partial charge >= 0.3 is 12.1 Å². The Morgan fingerprint density at radius 1 is 1.18 bits per heavy atom. The standard InChI is InChI=1S/C32H37N3O5/c1-19-6-4-7-23(14-19)31-20(2)35(32(38)40-31)18-27-24(10-11-29(33-27)34-12-5-13-34)26-17-25-21(15-28(26)39-3)8-9-22(25)16-30(36)37/h4,6-7,10-11,14-15,17,20-22,25,31H,5,8-9,12-13,16,18H2,1-3H3,(H,36,37)/t20-,21?,22-,25?,31-/m0/s1. The van der Waals surface area contributed by atoms with Gasteiger partial charge in [-0.2, -0.15) is 0 Å². The molecule has 2 aliphatic heterocycles. The molecule has 8 nitrogen and oxygen atoms in total. The van der Waals surface area contributed by atoms with Crippen molar-refractivity contribution in [1.82, 2.24) is 9.88 Å². The van der Waals surface area contributed by atoms with Gasteiger partial charge in [-0.25, -0.2) is 9.78 Å². The summed E-state index contributed by atoms with van der Waals surface area (Å²) in [6.07, 6.45) is 6.81. The number of hydrogen-bond donors (Lipinski definition) is 1. The second-order valence-electron chi connectivity index (χ2n) is 11.6. The van der Waals surface area contributed by atoms with Crippen molar-refractivity contribution in [2.24, 2.45) is 17.8 Å². The van der Waals surface area contributed by atoms with Crippen LogP contribution in [0.15, 0.2) is 54.3 Å². The van der Waals surface area contributed by atoms with Crippen molar-refractivity contribution in [2.45, 2.75) is 58.2 Å². The second kappa shape index (κ2) is 10.6. The molecular weight excluding hydrogens is 506 g/mol. The first-order chi connectivity index (χ1) is 19.3. The van der Waals surface area contributed by atoms with Crippen molar-refractivity contribution in [3.05, 3.63) is 76.7 Å². The summed E-state index contributed by atoms with van der Waals surface area (Å²) in [5.41, 5.74) is 4.74. The number of aliphatic carboxylic acids is 1. The molecule has 4 aliphatic rings. The van der Waals surface area contributed by atoms with E-state index < -0.39 is 5.97 Å². The first-order valence-electron chi connectivity index (χ1n) is 14.3. The molecule has 1 aromatic heterocycles. The maximum atomic E-state index is 13.2. The number of fused-ring (bicyclic) bond motifs is 1. The fourth-order valence-electron chi connectivity index (χ4n) is 6.76. The number of aromatic nitrogens is 1. The van der Waals surface area contributed by atoms with Crippen LogP contribution in [0.5, 0.6) is 0 Å². The highest BCUT2D eigenvalue weighted by Gasteiger charge is 2.42. The minimum absolute atomic E-state index is 0.0904. The molecule has 2 aromatic rings. The number of allylic oxidation sites excluding steroid dienone is 3. The van der Waals surface area contributed by atoms with Gasteiger partial charge in [-0.15, -0.1) is 0 Å². The summed E-state index contributed by atoms with van der Waals surface area (Å²) >= 11 is 0. The van der Waals surface area contributed by atoms with E-state index in [9.17, 15) is 14.7 Å². The Balaban J connectivity index is 1.36. The van der Waals surface area contributed by atoms with Crippen molar-refractivity contribution in [3.63, 3.8) is 0 Å². The summed E-state index contributed by atoms with van der Waals surface area (Å²) in [5, 5.41) is 9.50. The molecule has 6 rings (SSSR count). The summed E-state index contributed by atoms with van der Waals surface area (Å²) in [5.74, 6) is 1.42. The van der Waals surface area contributed by atoms with E-state index in [0.717, 1.165) is 71.9 Å². The molecule has 0 bridgehead atoms. The summed E-state index contributed by atoms with van der Waals surface area (Å²) in [6.45, 7) is 6.30. The van der Waals surface area contributed by atoms with Crippen molar-refractivity contribution >= 4 is 23.5 Å². The first-order valence-corrected chi connectivity index (χ1v) is 14.3. The molecule has 2 saturated heterocycles. The van der Waals surface area contributed by atoms with Crippen LogP contribution in [0.1, 0.15) is 61.1 Å². The minimum atomic E-state index is -0.756. The van der Waals surface area contributed by atoms with Crippen LogP contribution >= 0.6 is 0 Å². The summed E-state index contributed by atoms with van der Waals surface area (Å²) in [7, 11) is 1.68. The quantitative estimate of drug-likeness (QED) is 0.455. The predicted molar refractivity (Wildman–Crippen MR) is 151 cm³/mol. The van der Waals surface area contributed by atoms with Gasteiger partial charge in [0.1, 0.15) is 17.7 Å². The highest BCUT2D eigenvalue weighted by atomic mass is 16.6. The van der Waals surface area contributed by atoms with E-state index in [-0.39, 0.29) is 42.4 Å². The van der Waals surface area contributed by atoms with E-state index in [4.69, 9.17) is 14.5 Å². The number of methoxy groups -OCH3 is 1. The fraction of sp³-hybridized carbons (Fsp3) is 0.469. The third-order valence-corrected chi connectivity index (χ3v) is 9.07. The molecule has 8 heteroatoms. The number of ether oxygens (including phenoxy) is 2. The zero-order valence-corrected chi connectivity index (χ0v) is 23.4. The number of carboxylic acid groups (broad SMARTS) is 1. The maximum absolute atomic E-state index is 13.2. The number of benzene rings is 1. The number of carboxylic acids is 1. The maximum Gasteiger partial charge on any atom is 0.411 e. The molecule has 1 amide bonds. The summed E-state index contributed by atoms with van der Waals surface area (Å²) in [4.78, 5) is 33.9. The molecule has 0 radical (unpaired) electrons. The zero-order valence-electron chi connectivity index (χ0n) is 23.4. The second-order valence-corrected chi connectivity index (χ2v) is 11.6.